The fraction of sp³-hybridized carbons (Fsp3) is 0.238. The summed E-state index contributed by atoms with van der Waals surface area (Å²) in [6.45, 7) is 3.53. The van der Waals surface area contributed by atoms with Gasteiger partial charge in [0.2, 0.25) is 5.91 Å². The number of hydrogen-bond donors (Lipinski definition) is 2. The first-order chi connectivity index (χ1) is 12.2. The third-order valence-corrected chi connectivity index (χ3v) is 5.04. The molecule has 2 atom stereocenters. The molecule has 2 unspecified atom stereocenters. The van der Waals surface area contributed by atoms with Gasteiger partial charge in [0.15, 0.2) is 0 Å². The minimum atomic E-state index is -0.0689. The number of hydrogen-bond acceptors (Lipinski definition) is 3. The SMILES string of the molecule is Cc1nccc2c(NC(=O)C3CNCC3c3ccccc3)cccc12.Cl.Cl. The first-order valence-corrected chi connectivity index (χ1v) is 8.65. The van der Waals surface area contributed by atoms with E-state index in [4.69, 9.17) is 0 Å². The highest BCUT2D eigenvalue weighted by Gasteiger charge is 2.34. The number of aryl methyl sites for hydroxylation is 1. The number of halogens is 2. The standard InChI is InChI=1S/C21H21N3O.2ClH/c1-14-16-8-5-9-20(17(16)10-11-23-14)24-21(25)19-13-22-12-18(19)15-6-3-2-4-7-15;;/h2-11,18-19,22H,12-13H2,1H3,(H,24,25);2*1H. The molecule has 4 nitrogen and oxygen atoms in total. The molecule has 0 aliphatic carbocycles. The van der Waals surface area contributed by atoms with E-state index < -0.39 is 0 Å². The molecule has 142 valence electrons. The lowest BCUT2D eigenvalue weighted by Crippen LogP contribution is -2.28. The lowest BCUT2D eigenvalue weighted by molar-refractivity contribution is -0.119. The van der Waals surface area contributed by atoms with E-state index in [0.717, 1.165) is 28.7 Å². The number of fused-ring (bicyclic) bond motifs is 1. The number of nitrogens with zero attached hydrogens (tertiary/aromatic N) is 1. The van der Waals surface area contributed by atoms with Crippen LogP contribution in [0.2, 0.25) is 0 Å². The van der Waals surface area contributed by atoms with Crippen LogP contribution in [0.5, 0.6) is 0 Å². The normalized spacial score (nSPS) is 18.4. The fourth-order valence-electron chi connectivity index (χ4n) is 3.69. The Balaban J connectivity index is 0.00000131. The Morgan fingerprint density at radius 1 is 1.00 bits per heavy atom. The van der Waals surface area contributed by atoms with Crippen LogP contribution in [-0.4, -0.2) is 24.0 Å². The van der Waals surface area contributed by atoms with Crippen LogP contribution in [0.1, 0.15) is 17.2 Å². The molecule has 0 spiro atoms. The van der Waals surface area contributed by atoms with Gasteiger partial charge in [0.25, 0.3) is 0 Å². The van der Waals surface area contributed by atoms with E-state index in [2.05, 4.69) is 27.8 Å². The molecule has 1 aromatic heterocycles. The second-order valence-corrected chi connectivity index (χ2v) is 6.57. The van der Waals surface area contributed by atoms with Gasteiger partial charge in [0, 0.05) is 47.4 Å². The Labute approximate surface area is 171 Å². The summed E-state index contributed by atoms with van der Waals surface area (Å²) in [7, 11) is 0. The van der Waals surface area contributed by atoms with E-state index in [1.54, 1.807) is 6.20 Å². The van der Waals surface area contributed by atoms with Crippen molar-refractivity contribution in [1.82, 2.24) is 10.3 Å². The number of nitrogens with one attached hydrogen (secondary N) is 2. The molecule has 4 rings (SSSR count). The lowest BCUT2D eigenvalue weighted by Gasteiger charge is -2.19. The molecule has 1 aliphatic heterocycles. The van der Waals surface area contributed by atoms with E-state index >= 15 is 0 Å². The Bertz CT molecular complexity index is 918. The first-order valence-electron chi connectivity index (χ1n) is 8.65. The van der Waals surface area contributed by atoms with E-state index in [1.807, 2.05) is 49.4 Å². The van der Waals surface area contributed by atoms with Crippen molar-refractivity contribution in [2.45, 2.75) is 12.8 Å². The average Bonchev–Trinajstić information content (AvgIpc) is 3.13. The van der Waals surface area contributed by atoms with Crippen molar-refractivity contribution in [3.05, 3.63) is 72.1 Å². The number of benzene rings is 2. The first kappa shape index (κ1) is 21.2. The Hall–Kier alpha value is -2.14. The van der Waals surface area contributed by atoms with Gasteiger partial charge in [-0.3, -0.25) is 9.78 Å². The average molecular weight is 404 g/mol. The molecule has 1 aliphatic rings. The maximum atomic E-state index is 13.0. The minimum Gasteiger partial charge on any atom is -0.325 e. The van der Waals surface area contributed by atoms with Crippen LogP contribution in [0, 0.1) is 12.8 Å². The number of carbonyl (C=O) groups excluding carboxylic acids is 1. The van der Waals surface area contributed by atoms with Gasteiger partial charge in [-0.05, 0) is 24.6 Å². The van der Waals surface area contributed by atoms with Crippen molar-refractivity contribution in [3.63, 3.8) is 0 Å². The number of rotatable bonds is 3. The van der Waals surface area contributed by atoms with Crippen molar-refractivity contribution in [3.8, 4) is 0 Å². The molecule has 6 heteroatoms. The Morgan fingerprint density at radius 3 is 2.56 bits per heavy atom. The smallest absolute Gasteiger partial charge is 0.229 e. The van der Waals surface area contributed by atoms with Crippen molar-refractivity contribution in [1.29, 1.82) is 0 Å². The molecule has 2 N–H and O–H groups in total. The number of carbonyl (C=O) groups is 1. The van der Waals surface area contributed by atoms with Crippen LogP contribution < -0.4 is 10.6 Å². The highest BCUT2D eigenvalue weighted by atomic mass is 35.5. The van der Waals surface area contributed by atoms with Gasteiger partial charge in [0.05, 0.1) is 5.92 Å². The molecule has 3 aromatic rings. The van der Waals surface area contributed by atoms with Crippen LogP contribution in [0.15, 0.2) is 60.8 Å². The van der Waals surface area contributed by atoms with Crippen LogP contribution >= 0.6 is 24.8 Å². The predicted molar refractivity (Wildman–Crippen MR) is 115 cm³/mol. The largest absolute Gasteiger partial charge is 0.325 e. The molecular weight excluding hydrogens is 381 g/mol. The molecule has 2 heterocycles. The Kier molecular flexibility index (Phi) is 7.19. The minimum absolute atomic E-state index is 0. The van der Waals surface area contributed by atoms with Gasteiger partial charge in [-0.2, -0.15) is 0 Å². The zero-order valence-electron chi connectivity index (χ0n) is 15.0. The molecule has 1 fully saturated rings. The maximum Gasteiger partial charge on any atom is 0.229 e. The summed E-state index contributed by atoms with van der Waals surface area (Å²) in [5.74, 6) is 0.209. The maximum absolute atomic E-state index is 13.0. The summed E-state index contributed by atoms with van der Waals surface area (Å²) < 4.78 is 0. The van der Waals surface area contributed by atoms with Gasteiger partial charge in [-0.25, -0.2) is 0 Å². The topological polar surface area (TPSA) is 54.0 Å². The number of amides is 1. The molecule has 27 heavy (non-hydrogen) atoms. The third kappa shape index (κ3) is 4.24. The summed E-state index contributed by atoms with van der Waals surface area (Å²) >= 11 is 0. The zero-order chi connectivity index (χ0) is 17.2. The molecule has 0 bridgehead atoms. The van der Waals surface area contributed by atoms with Gasteiger partial charge in [-0.1, -0.05) is 42.5 Å². The van der Waals surface area contributed by atoms with Crippen molar-refractivity contribution in [2.75, 3.05) is 18.4 Å². The molecule has 1 saturated heterocycles. The Morgan fingerprint density at radius 2 is 1.78 bits per heavy atom. The van der Waals surface area contributed by atoms with Crippen LogP contribution in [-0.2, 0) is 4.79 Å². The predicted octanol–water partition coefficient (Wildman–Crippen LogP) is 4.33. The molecule has 2 aromatic carbocycles. The molecule has 1 amide bonds. The third-order valence-electron chi connectivity index (χ3n) is 5.04. The van der Waals surface area contributed by atoms with Crippen molar-refractivity contribution >= 4 is 47.2 Å². The van der Waals surface area contributed by atoms with E-state index in [9.17, 15) is 4.79 Å². The summed E-state index contributed by atoms with van der Waals surface area (Å²) in [6, 6.07) is 18.2. The number of pyridine rings is 1. The van der Waals surface area contributed by atoms with Crippen LogP contribution in [0.25, 0.3) is 10.8 Å². The highest BCUT2D eigenvalue weighted by Crippen LogP contribution is 2.30. The molecular formula is C21H23Cl2N3O. The van der Waals surface area contributed by atoms with E-state index in [1.165, 1.54) is 5.56 Å². The quantitative estimate of drug-likeness (QED) is 0.683. The fourth-order valence-corrected chi connectivity index (χ4v) is 3.69. The monoisotopic (exact) mass is 403 g/mol. The zero-order valence-corrected chi connectivity index (χ0v) is 16.6. The lowest BCUT2D eigenvalue weighted by atomic mass is 9.88. The summed E-state index contributed by atoms with van der Waals surface area (Å²) in [5, 5.41) is 8.62. The summed E-state index contributed by atoms with van der Waals surface area (Å²) in [4.78, 5) is 17.3. The number of aromatic nitrogens is 1. The van der Waals surface area contributed by atoms with Gasteiger partial charge >= 0.3 is 0 Å². The highest BCUT2D eigenvalue weighted by molar-refractivity contribution is 6.03. The second-order valence-electron chi connectivity index (χ2n) is 6.57. The van der Waals surface area contributed by atoms with E-state index in [-0.39, 0.29) is 42.6 Å². The summed E-state index contributed by atoms with van der Waals surface area (Å²) in [6.07, 6.45) is 1.79. The summed E-state index contributed by atoms with van der Waals surface area (Å²) in [5.41, 5.74) is 3.04. The number of anilines is 1. The van der Waals surface area contributed by atoms with Crippen molar-refractivity contribution < 1.29 is 4.79 Å². The van der Waals surface area contributed by atoms with E-state index in [0.29, 0.717) is 6.54 Å². The molecule has 0 radical (unpaired) electrons. The second kappa shape index (κ2) is 9.18. The van der Waals surface area contributed by atoms with Crippen molar-refractivity contribution in [2.24, 2.45) is 5.92 Å². The van der Waals surface area contributed by atoms with Crippen LogP contribution in [0.3, 0.4) is 0 Å². The van der Waals surface area contributed by atoms with Gasteiger partial charge in [-0.15, -0.1) is 24.8 Å². The van der Waals surface area contributed by atoms with Crippen LogP contribution in [0.4, 0.5) is 5.69 Å². The molecule has 0 saturated carbocycles. The van der Waals surface area contributed by atoms with Gasteiger partial charge in [0.1, 0.15) is 0 Å². The van der Waals surface area contributed by atoms with Gasteiger partial charge < -0.3 is 10.6 Å².